The van der Waals surface area contributed by atoms with E-state index in [9.17, 15) is 4.79 Å². The predicted octanol–water partition coefficient (Wildman–Crippen LogP) is 2.71. The average molecular weight is 278 g/mol. The van der Waals surface area contributed by atoms with Crippen molar-refractivity contribution in [2.75, 3.05) is 6.54 Å². The third kappa shape index (κ3) is 2.49. The topological polar surface area (TPSA) is 41.1 Å². The lowest BCUT2D eigenvalue weighted by molar-refractivity contribution is -0.123. The van der Waals surface area contributed by atoms with E-state index in [0.717, 1.165) is 24.3 Å². The number of hydrogen-bond acceptors (Lipinski definition) is 2. The van der Waals surface area contributed by atoms with Crippen molar-refractivity contribution in [3.05, 3.63) is 0 Å². The van der Waals surface area contributed by atoms with Crippen LogP contribution in [-0.4, -0.2) is 24.5 Å². The van der Waals surface area contributed by atoms with E-state index in [1.54, 1.807) is 0 Å². The first kappa shape index (κ1) is 14.4. The summed E-state index contributed by atoms with van der Waals surface area (Å²) < 4.78 is 0. The SMILES string of the molecule is CCNC(=O)C(C)NC(C)C12CC3CC(CC(C3)C1)C2. The molecule has 4 fully saturated rings. The number of rotatable bonds is 5. The zero-order valence-electron chi connectivity index (χ0n) is 13.2. The maximum atomic E-state index is 11.9. The molecule has 2 atom stereocenters. The van der Waals surface area contributed by atoms with Gasteiger partial charge in [0.05, 0.1) is 6.04 Å². The van der Waals surface area contributed by atoms with Crippen LogP contribution in [-0.2, 0) is 4.79 Å². The van der Waals surface area contributed by atoms with Gasteiger partial charge in [-0.25, -0.2) is 0 Å². The van der Waals surface area contributed by atoms with Crippen molar-refractivity contribution < 1.29 is 4.79 Å². The van der Waals surface area contributed by atoms with Gasteiger partial charge in [-0.2, -0.15) is 0 Å². The Hall–Kier alpha value is -0.570. The fraction of sp³-hybridized carbons (Fsp3) is 0.941. The molecule has 0 radical (unpaired) electrons. The third-order valence-corrected chi connectivity index (χ3v) is 6.25. The van der Waals surface area contributed by atoms with Crippen LogP contribution >= 0.6 is 0 Å². The van der Waals surface area contributed by atoms with Crippen molar-refractivity contribution >= 4 is 5.91 Å². The number of carbonyl (C=O) groups excluding carboxylic acids is 1. The van der Waals surface area contributed by atoms with E-state index in [1.165, 1.54) is 38.5 Å². The monoisotopic (exact) mass is 278 g/mol. The van der Waals surface area contributed by atoms with E-state index in [1.807, 2.05) is 13.8 Å². The lowest BCUT2D eigenvalue weighted by atomic mass is 9.48. The van der Waals surface area contributed by atoms with Crippen LogP contribution in [0.15, 0.2) is 0 Å². The van der Waals surface area contributed by atoms with Gasteiger partial charge in [-0.1, -0.05) is 0 Å². The Kier molecular flexibility index (Phi) is 3.83. The molecule has 4 bridgehead atoms. The lowest BCUT2D eigenvalue weighted by Gasteiger charge is -2.59. The van der Waals surface area contributed by atoms with E-state index in [2.05, 4.69) is 17.6 Å². The zero-order chi connectivity index (χ0) is 14.3. The van der Waals surface area contributed by atoms with Crippen molar-refractivity contribution in [3.63, 3.8) is 0 Å². The number of likely N-dealkylation sites (N-methyl/N-ethyl adjacent to an activating group) is 1. The number of nitrogens with one attached hydrogen (secondary N) is 2. The summed E-state index contributed by atoms with van der Waals surface area (Å²) >= 11 is 0. The molecule has 4 aliphatic carbocycles. The Labute approximate surface area is 123 Å². The van der Waals surface area contributed by atoms with Gasteiger partial charge in [-0.3, -0.25) is 4.79 Å². The van der Waals surface area contributed by atoms with Gasteiger partial charge in [0.15, 0.2) is 0 Å². The first-order valence-corrected chi connectivity index (χ1v) is 8.56. The summed E-state index contributed by atoms with van der Waals surface area (Å²) in [6, 6.07) is 0.395. The third-order valence-electron chi connectivity index (χ3n) is 6.25. The fourth-order valence-corrected chi connectivity index (χ4v) is 5.66. The summed E-state index contributed by atoms with van der Waals surface area (Å²) in [6.07, 6.45) is 8.65. The Morgan fingerprint density at radius 1 is 1.10 bits per heavy atom. The Morgan fingerprint density at radius 2 is 1.60 bits per heavy atom. The highest BCUT2D eigenvalue weighted by atomic mass is 16.2. The highest BCUT2D eigenvalue weighted by Gasteiger charge is 2.53. The molecule has 0 aliphatic heterocycles. The van der Waals surface area contributed by atoms with Crippen LogP contribution in [0.5, 0.6) is 0 Å². The van der Waals surface area contributed by atoms with Crippen molar-refractivity contribution in [1.29, 1.82) is 0 Å². The molecule has 0 saturated heterocycles. The molecule has 3 heteroatoms. The Bertz CT molecular complexity index is 344. The van der Waals surface area contributed by atoms with Gasteiger partial charge < -0.3 is 10.6 Å². The van der Waals surface area contributed by atoms with E-state index < -0.39 is 0 Å². The van der Waals surface area contributed by atoms with Gasteiger partial charge in [-0.15, -0.1) is 0 Å². The second kappa shape index (κ2) is 5.32. The lowest BCUT2D eigenvalue weighted by Crippen LogP contribution is -2.58. The first-order valence-electron chi connectivity index (χ1n) is 8.56. The van der Waals surface area contributed by atoms with Crippen LogP contribution in [0.1, 0.15) is 59.3 Å². The number of carbonyl (C=O) groups is 1. The molecular weight excluding hydrogens is 248 g/mol. The van der Waals surface area contributed by atoms with Crippen molar-refractivity contribution in [1.82, 2.24) is 10.6 Å². The van der Waals surface area contributed by atoms with E-state index >= 15 is 0 Å². The van der Waals surface area contributed by atoms with Crippen LogP contribution in [0.2, 0.25) is 0 Å². The van der Waals surface area contributed by atoms with Crippen molar-refractivity contribution in [2.24, 2.45) is 23.2 Å². The van der Waals surface area contributed by atoms with Gasteiger partial charge >= 0.3 is 0 Å². The zero-order valence-corrected chi connectivity index (χ0v) is 13.2. The van der Waals surface area contributed by atoms with Gasteiger partial charge in [-0.05, 0) is 82.5 Å². The van der Waals surface area contributed by atoms with E-state index in [0.29, 0.717) is 11.5 Å². The molecular formula is C17H30N2O. The quantitative estimate of drug-likeness (QED) is 0.812. The Morgan fingerprint density at radius 3 is 2.05 bits per heavy atom. The Balaban J connectivity index is 1.65. The van der Waals surface area contributed by atoms with E-state index in [4.69, 9.17) is 0 Å². The molecule has 114 valence electrons. The molecule has 0 aromatic rings. The fourth-order valence-electron chi connectivity index (χ4n) is 5.66. The molecule has 20 heavy (non-hydrogen) atoms. The summed E-state index contributed by atoms with van der Waals surface area (Å²) in [6.45, 7) is 7.02. The van der Waals surface area contributed by atoms with Crippen LogP contribution in [0.4, 0.5) is 0 Å². The molecule has 0 aromatic carbocycles. The minimum Gasteiger partial charge on any atom is -0.355 e. The first-order chi connectivity index (χ1) is 9.52. The van der Waals surface area contributed by atoms with Crippen molar-refractivity contribution in [2.45, 2.75) is 71.4 Å². The molecule has 2 unspecified atom stereocenters. The second-order valence-electron chi connectivity index (χ2n) is 7.78. The standard InChI is InChI=1S/C17H30N2O/c1-4-18-16(20)11(2)19-12(3)17-8-13-5-14(9-17)7-15(6-13)10-17/h11-15,19H,4-10H2,1-3H3,(H,18,20). The smallest absolute Gasteiger partial charge is 0.236 e. The molecule has 0 heterocycles. The maximum Gasteiger partial charge on any atom is 0.236 e. The van der Waals surface area contributed by atoms with Gasteiger partial charge in [0.25, 0.3) is 0 Å². The largest absolute Gasteiger partial charge is 0.355 e. The molecule has 0 aromatic heterocycles. The highest BCUT2D eigenvalue weighted by Crippen LogP contribution is 2.61. The summed E-state index contributed by atoms with van der Waals surface area (Å²) in [4.78, 5) is 11.9. The maximum absolute atomic E-state index is 11.9. The molecule has 0 spiro atoms. The molecule has 2 N–H and O–H groups in total. The summed E-state index contributed by atoms with van der Waals surface area (Å²) in [5.41, 5.74) is 0.482. The minimum atomic E-state index is -0.0713. The van der Waals surface area contributed by atoms with Crippen LogP contribution in [0.25, 0.3) is 0 Å². The normalized spacial score (nSPS) is 41.5. The summed E-state index contributed by atoms with van der Waals surface area (Å²) in [7, 11) is 0. The average Bonchev–Trinajstić information content (AvgIpc) is 2.37. The van der Waals surface area contributed by atoms with Crippen molar-refractivity contribution in [3.8, 4) is 0 Å². The van der Waals surface area contributed by atoms with Crippen LogP contribution in [0.3, 0.4) is 0 Å². The molecule has 4 aliphatic rings. The number of hydrogen-bond donors (Lipinski definition) is 2. The number of amides is 1. The van der Waals surface area contributed by atoms with Crippen LogP contribution < -0.4 is 10.6 Å². The van der Waals surface area contributed by atoms with E-state index in [-0.39, 0.29) is 11.9 Å². The van der Waals surface area contributed by atoms with Gasteiger partial charge in [0.2, 0.25) is 5.91 Å². The molecule has 4 saturated carbocycles. The summed E-state index contributed by atoms with van der Waals surface area (Å²) in [5.74, 6) is 3.07. The predicted molar refractivity (Wildman–Crippen MR) is 81.3 cm³/mol. The molecule has 1 amide bonds. The highest BCUT2D eigenvalue weighted by molar-refractivity contribution is 5.81. The molecule has 3 nitrogen and oxygen atoms in total. The minimum absolute atomic E-state index is 0.0713. The molecule has 4 rings (SSSR count). The van der Waals surface area contributed by atoms with Crippen LogP contribution in [0, 0.1) is 23.2 Å². The van der Waals surface area contributed by atoms with Gasteiger partial charge in [0, 0.05) is 12.6 Å². The second-order valence-corrected chi connectivity index (χ2v) is 7.78. The summed E-state index contributed by atoms with van der Waals surface area (Å²) in [5, 5.41) is 6.53. The van der Waals surface area contributed by atoms with Gasteiger partial charge in [0.1, 0.15) is 0 Å².